The van der Waals surface area contributed by atoms with Gasteiger partial charge in [0, 0.05) is 0 Å². The van der Waals surface area contributed by atoms with E-state index in [1.54, 1.807) is 0 Å². The van der Waals surface area contributed by atoms with Gasteiger partial charge in [-0.05, 0) is 38.5 Å². The molecule has 0 radical (unpaired) electrons. The van der Waals surface area contributed by atoms with Gasteiger partial charge in [-0.25, -0.2) is 0 Å². The van der Waals surface area contributed by atoms with Gasteiger partial charge in [-0.1, -0.05) is 238 Å². The van der Waals surface area contributed by atoms with E-state index in [2.05, 4.69) is 31.3 Å². The number of carbonyl (C=O) groups excluding carboxylic acids is 1. The minimum absolute atomic E-state index is 0.256. The van der Waals surface area contributed by atoms with Crippen molar-refractivity contribution in [1.82, 2.24) is 5.32 Å². The zero-order valence-electron chi connectivity index (χ0n) is 42.7. The average molecular weight is 942 g/mol. The van der Waals surface area contributed by atoms with Crippen molar-refractivity contribution in [3.63, 3.8) is 0 Å². The lowest BCUT2D eigenvalue weighted by atomic mass is 9.98. The van der Waals surface area contributed by atoms with E-state index >= 15 is 0 Å². The van der Waals surface area contributed by atoms with Crippen LogP contribution in [0.4, 0.5) is 0 Å². The second kappa shape index (κ2) is 45.0. The van der Waals surface area contributed by atoms with E-state index in [1.807, 2.05) is 0 Å². The Morgan fingerprint density at radius 2 is 0.879 bits per heavy atom. The van der Waals surface area contributed by atoms with Crippen LogP contribution in [0.5, 0.6) is 0 Å². The van der Waals surface area contributed by atoms with Gasteiger partial charge in [-0.2, -0.15) is 0 Å². The lowest BCUT2D eigenvalue weighted by molar-refractivity contribution is -0.303. The van der Waals surface area contributed by atoms with Crippen LogP contribution in [0.15, 0.2) is 12.2 Å². The molecule has 0 aromatic heterocycles. The van der Waals surface area contributed by atoms with Crippen LogP contribution >= 0.6 is 0 Å². The molecule has 1 aliphatic heterocycles. The van der Waals surface area contributed by atoms with Crippen LogP contribution in [-0.2, 0) is 14.3 Å². The number of rotatable bonds is 48. The number of allylic oxidation sites excluding steroid dienone is 2. The van der Waals surface area contributed by atoms with Crippen LogP contribution in [0.3, 0.4) is 0 Å². The Hall–Kier alpha value is -1.15. The van der Waals surface area contributed by atoms with Gasteiger partial charge in [0.1, 0.15) is 36.6 Å². The van der Waals surface area contributed by atoms with Crippen molar-refractivity contribution in [2.24, 2.45) is 0 Å². The number of hydrogen-bond acceptors (Lipinski definition) is 10. The Balaban J connectivity index is 2.34. The van der Waals surface area contributed by atoms with Crippen molar-refractivity contribution in [2.45, 2.75) is 319 Å². The van der Waals surface area contributed by atoms with Crippen LogP contribution < -0.4 is 5.32 Å². The third-order valence-corrected chi connectivity index (χ3v) is 13.8. The Bertz CT molecular complexity index is 1080. The number of ether oxygens (including phenoxy) is 2. The zero-order valence-corrected chi connectivity index (χ0v) is 42.7. The molecular formula is C55H107NO10. The van der Waals surface area contributed by atoms with Crippen molar-refractivity contribution in [3.05, 3.63) is 12.2 Å². The molecule has 66 heavy (non-hydrogen) atoms. The second-order valence-corrected chi connectivity index (χ2v) is 20.0. The van der Waals surface area contributed by atoms with Gasteiger partial charge < -0.3 is 50.5 Å². The molecule has 8 N–H and O–H groups in total. The van der Waals surface area contributed by atoms with E-state index in [0.29, 0.717) is 19.3 Å². The standard InChI is InChI=1S/C55H107NO10/c1-3-5-7-9-11-13-15-17-19-21-23-25-26-28-30-32-34-36-38-40-42-47(58)50(60)46(45-65-55-53(63)52(62)51(61)49(44-57)66-55)56-54(64)48(59)43-41-39-37-35-33-31-29-27-24-22-20-18-16-14-12-10-8-6-4-2/h24,27,46-53,55,57-63H,3-23,25-26,28-45H2,1-2H3,(H,56,64)/b27-24-. The predicted octanol–water partition coefficient (Wildman–Crippen LogP) is 11.2. The first-order valence-electron chi connectivity index (χ1n) is 28.1. The molecule has 11 heteroatoms. The van der Waals surface area contributed by atoms with E-state index < -0.39 is 74.2 Å². The molecule has 1 fully saturated rings. The maximum Gasteiger partial charge on any atom is 0.249 e. The third kappa shape index (κ3) is 33.4. The van der Waals surface area contributed by atoms with E-state index in [0.717, 1.165) is 51.4 Å². The normalized spacial score (nSPS) is 20.8. The molecule has 0 spiro atoms. The number of aliphatic hydroxyl groups excluding tert-OH is 7. The lowest BCUT2D eigenvalue weighted by Gasteiger charge is -2.40. The summed E-state index contributed by atoms with van der Waals surface area (Å²) in [6.07, 6.45) is 39.7. The summed E-state index contributed by atoms with van der Waals surface area (Å²) in [6.45, 7) is 3.48. The van der Waals surface area contributed by atoms with E-state index in [4.69, 9.17) is 9.47 Å². The monoisotopic (exact) mass is 942 g/mol. The van der Waals surface area contributed by atoms with Crippen LogP contribution in [0.1, 0.15) is 264 Å². The third-order valence-electron chi connectivity index (χ3n) is 13.8. The molecule has 1 rings (SSSR count). The molecule has 0 aliphatic carbocycles. The molecule has 0 saturated carbocycles. The molecule has 11 nitrogen and oxygen atoms in total. The Morgan fingerprint density at radius 1 is 0.515 bits per heavy atom. The average Bonchev–Trinajstić information content (AvgIpc) is 3.32. The van der Waals surface area contributed by atoms with Gasteiger partial charge in [-0.15, -0.1) is 0 Å². The first-order valence-corrected chi connectivity index (χ1v) is 28.1. The lowest BCUT2D eigenvalue weighted by Crippen LogP contribution is -2.60. The molecule has 1 aliphatic rings. The van der Waals surface area contributed by atoms with E-state index in [-0.39, 0.29) is 6.42 Å². The van der Waals surface area contributed by atoms with E-state index in [1.165, 1.54) is 173 Å². The summed E-state index contributed by atoms with van der Waals surface area (Å²) < 4.78 is 11.1. The minimum atomic E-state index is -1.66. The highest BCUT2D eigenvalue weighted by Gasteiger charge is 2.44. The first kappa shape index (κ1) is 62.9. The summed E-state index contributed by atoms with van der Waals surface area (Å²) in [5.74, 6) is -0.698. The number of unbranched alkanes of at least 4 members (excludes halogenated alkanes) is 34. The highest BCUT2D eigenvalue weighted by Crippen LogP contribution is 2.23. The molecule has 1 heterocycles. The summed E-state index contributed by atoms with van der Waals surface area (Å²) in [6, 6.07) is -1.17. The molecule has 1 saturated heterocycles. The molecule has 0 aromatic rings. The summed E-state index contributed by atoms with van der Waals surface area (Å²) in [5, 5.41) is 76.1. The van der Waals surface area contributed by atoms with Crippen molar-refractivity contribution in [1.29, 1.82) is 0 Å². The van der Waals surface area contributed by atoms with Crippen molar-refractivity contribution < 1.29 is 50.0 Å². The van der Waals surface area contributed by atoms with Gasteiger partial charge in [0.15, 0.2) is 6.29 Å². The van der Waals surface area contributed by atoms with Gasteiger partial charge in [0.25, 0.3) is 0 Å². The largest absolute Gasteiger partial charge is 0.394 e. The van der Waals surface area contributed by atoms with Crippen LogP contribution in [-0.4, -0.2) is 110 Å². The number of amides is 1. The molecule has 0 bridgehead atoms. The topological polar surface area (TPSA) is 189 Å². The zero-order chi connectivity index (χ0) is 48.3. The fraction of sp³-hybridized carbons (Fsp3) is 0.945. The smallest absolute Gasteiger partial charge is 0.249 e. The van der Waals surface area contributed by atoms with E-state index in [9.17, 15) is 40.5 Å². The van der Waals surface area contributed by atoms with Crippen LogP contribution in [0.25, 0.3) is 0 Å². The van der Waals surface area contributed by atoms with Gasteiger partial charge >= 0.3 is 0 Å². The quantitative estimate of drug-likeness (QED) is 0.0215. The van der Waals surface area contributed by atoms with Crippen LogP contribution in [0, 0.1) is 0 Å². The maximum absolute atomic E-state index is 13.2. The van der Waals surface area contributed by atoms with Gasteiger partial charge in [0.05, 0.1) is 25.4 Å². The number of hydrogen-bond donors (Lipinski definition) is 8. The highest BCUT2D eigenvalue weighted by atomic mass is 16.7. The van der Waals surface area contributed by atoms with Crippen molar-refractivity contribution >= 4 is 5.91 Å². The molecule has 0 aromatic carbocycles. The number of aliphatic hydroxyl groups is 7. The Morgan fingerprint density at radius 3 is 1.27 bits per heavy atom. The number of carbonyl (C=O) groups is 1. The molecular weight excluding hydrogens is 835 g/mol. The van der Waals surface area contributed by atoms with Gasteiger partial charge in [-0.3, -0.25) is 4.79 Å². The second-order valence-electron chi connectivity index (χ2n) is 20.0. The Kier molecular flexibility index (Phi) is 42.9. The fourth-order valence-corrected chi connectivity index (χ4v) is 9.20. The SMILES string of the molecule is CCCCCCCCCCC/C=C\CCCCCCCCC(O)C(=O)NC(COC1OC(CO)C(O)C(O)C1O)C(O)C(O)CCCCCCCCCCCCCCCCCCCCCC. The molecule has 392 valence electrons. The van der Waals surface area contributed by atoms with Gasteiger partial charge in [0.2, 0.25) is 5.91 Å². The predicted molar refractivity (Wildman–Crippen MR) is 270 cm³/mol. The fourth-order valence-electron chi connectivity index (χ4n) is 9.20. The molecule has 9 unspecified atom stereocenters. The summed E-state index contributed by atoms with van der Waals surface area (Å²) >= 11 is 0. The Labute approximate surface area is 404 Å². The molecule has 9 atom stereocenters. The van der Waals surface area contributed by atoms with Crippen molar-refractivity contribution in [3.8, 4) is 0 Å². The summed E-state index contributed by atoms with van der Waals surface area (Å²) in [7, 11) is 0. The first-order chi connectivity index (χ1) is 32.2. The minimum Gasteiger partial charge on any atom is -0.394 e. The molecule has 1 amide bonds. The number of nitrogens with one attached hydrogen (secondary N) is 1. The highest BCUT2D eigenvalue weighted by molar-refractivity contribution is 5.80. The maximum atomic E-state index is 13.2. The summed E-state index contributed by atoms with van der Waals surface area (Å²) in [5.41, 5.74) is 0. The van der Waals surface area contributed by atoms with Crippen LogP contribution in [0.2, 0.25) is 0 Å². The summed E-state index contributed by atoms with van der Waals surface area (Å²) in [4.78, 5) is 13.2. The van der Waals surface area contributed by atoms with Crippen molar-refractivity contribution in [2.75, 3.05) is 13.2 Å².